The molecule has 232 valence electrons. The number of aromatic nitrogens is 3. The minimum absolute atomic E-state index is 0.0156. The molecule has 0 saturated heterocycles. The first-order valence-corrected chi connectivity index (χ1v) is 14.4. The topological polar surface area (TPSA) is 113 Å². The minimum atomic E-state index is -6.07. The molecule has 0 spiro atoms. The Morgan fingerprint density at radius 2 is 1.98 bits per heavy atom. The average Bonchev–Trinajstić information content (AvgIpc) is 3.61. The summed E-state index contributed by atoms with van der Waals surface area (Å²) in [6.07, 6.45) is 3.91. The number of halogens is 5. The van der Waals surface area contributed by atoms with E-state index in [4.69, 9.17) is 4.74 Å². The number of alkyl halides is 3. The third-order valence-corrected chi connectivity index (χ3v) is 7.53. The van der Waals surface area contributed by atoms with Crippen LogP contribution in [0.5, 0.6) is 5.88 Å². The van der Waals surface area contributed by atoms with Gasteiger partial charge in [0.25, 0.3) is 0 Å². The summed E-state index contributed by atoms with van der Waals surface area (Å²) in [5.41, 5.74) is -5.33. The van der Waals surface area contributed by atoms with Gasteiger partial charge in [-0.2, -0.15) is 26.7 Å². The lowest BCUT2D eigenvalue weighted by Crippen LogP contribution is -2.37. The van der Waals surface area contributed by atoms with Crippen molar-refractivity contribution < 1.29 is 48.8 Å². The molecule has 0 N–H and O–H groups in total. The maximum atomic E-state index is 14.3. The number of pyridine rings is 1. The number of thiophene rings is 1. The third-order valence-electron chi connectivity index (χ3n) is 5.64. The Hall–Kier alpha value is -4.09. The van der Waals surface area contributed by atoms with Crippen LogP contribution in [0.2, 0.25) is 0 Å². The van der Waals surface area contributed by atoms with Crippen molar-refractivity contribution in [1.29, 1.82) is 0 Å². The molecule has 3 aromatic heterocycles. The number of allylic oxidation sites excluding steroid dienone is 2. The van der Waals surface area contributed by atoms with Gasteiger partial charge in [0.15, 0.2) is 0 Å². The zero-order chi connectivity index (χ0) is 31.8. The van der Waals surface area contributed by atoms with Crippen LogP contribution in [0.4, 0.5) is 22.0 Å². The van der Waals surface area contributed by atoms with E-state index >= 15 is 0 Å². The van der Waals surface area contributed by atoms with Crippen LogP contribution in [0, 0.1) is 0 Å². The van der Waals surface area contributed by atoms with Crippen molar-refractivity contribution in [2.75, 3.05) is 26.9 Å². The summed E-state index contributed by atoms with van der Waals surface area (Å²) < 4.78 is 105. The molecule has 0 aliphatic carbocycles. The number of hydrogen-bond acceptors (Lipinski definition) is 9. The number of carbonyl (C=O) groups is 1. The monoisotopic (exact) mass is 648 g/mol. The maximum Gasteiger partial charge on any atom is 0.534 e. The van der Waals surface area contributed by atoms with Crippen LogP contribution in [0.1, 0.15) is 11.3 Å². The van der Waals surface area contributed by atoms with E-state index in [2.05, 4.69) is 32.2 Å². The summed E-state index contributed by atoms with van der Waals surface area (Å²) in [4.78, 5) is 17.4. The Labute approximate surface area is 247 Å². The standard InChI is InChI=1S/C21H15F5N4O4S2.C5H10O2/c1-2-17(31)29-6-7-30-13(11-29)10-16(28-30)18-15(9-12(23)3-5-22)19-14(4-8-35-19)20(27-18)34-36(32,33)21(24,25)26;1-3-7-5-4-6-2/h2-5,8-10H,1,6-7,11H2;3H,1,4-5H2,2H3/b5-3+,12-9?;. The van der Waals surface area contributed by atoms with Gasteiger partial charge in [0.1, 0.15) is 23.8 Å². The van der Waals surface area contributed by atoms with Gasteiger partial charge in [0, 0.05) is 30.0 Å². The zero-order valence-electron chi connectivity index (χ0n) is 22.5. The highest BCUT2D eigenvalue weighted by Crippen LogP contribution is 2.40. The summed E-state index contributed by atoms with van der Waals surface area (Å²) in [7, 11) is -4.44. The predicted molar refractivity (Wildman–Crippen MR) is 149 cm³/mol. The Morgan fingerprint density at radius 3 is 2.60 bits per heavy atom. The number of amides is 1. The second-order valence-electron chi connectivity index (χ2n) is 8.39. The first kappa shape index (κ1) is 33.4. The van der Waals surface area contributed by atoms with Gasteiger partial charge < -0.3 is 18.6 Å². The van der Waals surface area contributed by atoms with Crippen LogP contribution in [0.25, 0.3) is 27.6 Å². The van der Waals surface area contributed by atoms with Gasteiger partial charge in [-0.05, 0) is 29.7 Å². The highest BCUT2D eigenvalue weighted by molar-refractivity contribution is 7.88. The molecule has 1 aliphatic rings. The number of rotatable bonds is 10. The third kappa shape index (κ3) is 8.05. The normalized spacial score (nSPS) is 13.8. The summed E-state index contributed by atoms with van der Waals surface area (Å²) in [6, 6.07) is 2.74. The number of methoxy groups -OCH3 is 1. The number of fused-ring (bicyclic) bond motifs is 2. The molecular formula is C26H25F5N4O6S2. The SMILES string of the molecule is C=CC(=O)N1CCn2nc(-c3nc(OS(=O)(=O)C(F)(F)F)c4ccsc4c3C=C(F)/C=C/F)cc2C1.C=COCCOC. The Kier molecular flexibility index (Phi) is 11.2. The predicted octanol–water partition coefficient (Wildman–Crippen LogP) is 5.50. The summed E-state index contributed by atoms with van der Waals surface area (Å²) >= 11 is 0.949. The van der Waals surface area contributed by atoms with Crippen LogP contribution in [0.3, 0.4) is 0 Å². The van der Waals surface area contributed by atoms with Crippen molar-refractivity contribution in [2.24, 2.45) is 0 Å². The van der Waals surface area contributed by atoms with Gasteiger partial charge in [-0.3, -0.25) is 9.48 Å². The lowest BCUT2D eigenvalue weighted by Gasteiger charge is -2.26. The zero-order valence-corrected chi connectivity index (χ0v) is 24.1. The van der Waals surface area contributed by atoms with Gasteiger partial charge >= 0.3 is 15.6 Å². The van der Waals surface area contributed by atoms with Crippen molar-refractivity contribution in [3.63, 3.8) is 0 Å². The summed E-state index contributed by atoms with van der Waals surface area (Å²) in [6.45, 7) is 8.73. The van der Waals surface area contributed by atoms with E-state index in [1.165, 1.54) is 33.4 Å². The molecule has 43 heavy (non-hydrogen) atoms. The van der Waals surface area contributed by atoms with E-state index in [9.17, 15) is 35.2 Å². The van der Waals surface area contributed by atoms with Crippen molar-refractivity contribution in [3.05, 3.63) is 72.5 Å². The highest BCUT2D eigenvalue weighted by Gasteiger charge is 2.49. The van der Waals surface area contributed by atoms with Crippen LogP contribution in [-0.2, 0) is 37.5 Å². The van der Waals surface area contributed by atoms with Crippen LogP contribution < -0.4 is 4.18 Å². The molecule has 0 bridgehead atoms. The molecule has 4 heterocycles. The molecule has 0 radical (unpaired) electrons. The highest BCUT2D eigenvalue weighted by atomic mass is 32.2. The molecule has 4 rings (SSSR count). The summed E-state index contributed by atoms with van der Waals surface area (Å²) in [5.74, 6) is -2.25. The van der Waals surface area contributed by atoms with E-state index in [1.807, 2.05) is 0 Å². The molecule has 3 aromatic rings. The van der Waals surface area contributed by atoms with Crippen molar-refractivity contribution >= 4 is 43.5 Å². The fourth-order valence-corrected chi connectivity index (χ4v) is 5.05. The van der Waals surface area contributed by atoms with E-state index in [0.717, 1.165) is 23.5 Å². The number of carbonyl (C=O) groups excluding carboxylic acids is 1. The quantitative estimate of drug-likeness (QED) is 0.0539. The van der Waals surface area contributed by atoms with E-state index in [0.29, 0.717) is 31.5 Å². The van der Waals surface area contributed by atoms with Crippen LogP contribution in [0.15, 0.2) is 61.2 Å². The lowest BCUT2D eigenvalue weighted by molar-refractivity contribution is -0.127. The van der Waals surface area contributed by atoms with Gasteiger partial charge in [-0.15, -0.1) is 11.3 Å². The van der Waals surface area contributed by atoms with Gasteiger partial charge in [0.05, 0.1) is 43.4 Å². The number of hydrogen-bond donors (Lipinski definition) is 0. The van der Waals surface area contributed by atoms with Crippen LogP contribution >= 0.6 is 11.3 Å². The fraction of sp³-hybridized carbons (Fsp3) is 0.269. The van der Waals surface area contributed by atoms with Crippen molar-refractivity contribution in [3.8, 4) is 17.3 Å². The molecular weight excluding hydrogens is 623 g/mol. The second kappa shape index (κ2) is 14.4. The molecule has 1 aliphatic heterocycles. The Balaban J connectivity index is 0.000000646. The largest absolute Gasteiger partial charge is 0.534 e. The first-order valence-electron chi connectivity index (χ1n) is 12.1. The molecule has 1 amide bonds. The number of nitrogens with zero attached hydrogens (tertiary/aromatic N) is 4. The van der Waals surface area contributed by atoms with Crippen molar-refractivity contribution in [1.82, 2.24) is 19.7 Å². The Bertz CT molecular complexity index is 1650. The Morgan fingerprint density at radius 1 is 1.23 bits per heavy atom. The van der Waals surface area contributed by atoms with E-state index < -0.39 is 27.3 Å². The molecule has 0 atom stereocenters. The molecule has 0 saturated carbocycles. The van der Waals surface area contributed by atoms with E-state index in [1.54, 1.807) is 7.11 Å². The molecule has 17 heteroatoms. The second-order valence-corrected chi connectivity index (χ2v) is 10.8. The van der Waals surface area contributed by atoms with Crippen molar-refractivity contribution in [2.45, 2.75) is 18.6 Å². The summed E-state index contributed by atoms with van der Waals surface area (Å²) in [5, 5.41) is 5.64. The van der Waals surface area contributed by atoms with E-state index in [-0.39, 0.29) is 52.4 Å². The fourth-order valence-electron chi connectivity index (χ4n) is 3.72. The maximum absolute atomic E-state index is 14.3. The molecule has 0 fully saturated rings. The average molecular weight is 649 g/mol. The first-order chi connectivity index (χ1) is 20.4. The lowest BCUT2D eigenvalue weighted by atomic mass is 10.1. The molecule has 10 nitrogen and oxygen atoms in total. The number of ether oxygens (including phenoxy) is 2. The minimum Gasteiger partial charge on any atom is -0.499 e. The molecule has 0 aromatic carbocycles. The van der Waals surface area contributed by atoms with Gasteiger partial charge in [-0.25, -0.2) is 13.8 Å². The van der Waals surface area contributed by atoms with Gasteiger partial charge in [-0.1, -0.05) is 13.2 Å². The smallest absolute Gasteiger partial charge is 0.499 e. The van der Waals surface area contributed by atoms with Crippen LogP contribution in [-0.4, -0.2) is 66.4 Å². The molecule has 0 unspecified atom stereocenters. The van der Waals surface area contributed by atoms with Gasteiger partial charge in [0.2, 0.25) is 11.8 Å².